The molecule has 18 heteroatoms. The Bertz CT molecular complexity index is 1530. The van der Waals surface area contributed by atoms with E-state index in [1.807, 2.05) is 24.3 Å². The third kappa shape index (κ3) is 16.3. The van der Waals surface area contributed by atoms with Gasteiger partial charge in [0.15, 0.2) is 0 Å². The lowest BCUT2D eigenvalue weighted by Gasteiger charge is -2.23. The van der Waals surface area contributed by atoms with E-state index in [0.29, 0.717) is 0 Å². The first-order valence-corrected chi connectivity index (χ1v) is 21.1. The maximum Gasteiger partial charge on any atom is 0.328 e. The maximum atomic E-state index is 12.6. The van der Waals surface area contributed by atoms with Crippen LogP contribution in [-0.2, 0) is 45.9 Å². The van der Waals surface area contributed by atoms with Crippen LogP contribution in [-0.4, -0.2) is 81.2 Å². The molecular formula is C32H48Br2N4O10P2. The van der Waals surface area contributed by atoms with Gasteiger partial charge in [-0.1, -0.05) is 56.1 Å². The number of hydrogen-bond acceptors (Lipinski definition) is 9. The third-order valence-corrected chi connectivity index (χ3v) is 13.0. The van der Waals surface area contributed by atoms with Crippen molar-refractivity contribution >= 4 is 70.4 Å². The van der Waals surface area contributed by atoms with E-state index in [0.717, 1.165) is 20.1 Å². The topological polar surface area (TPSA) is 248 Å². The SMILES string of the molecule is CC(NC(=O)C(Cc1ccc(Br)cc1)CP(=O)(O)C(C)N)C(=O)O.CCOC(=O)C(C)NC(=O)C(Cc1ccc(Br)cc1)CP(=O)(O)C(C)N. The van der Waals surface area contributed by atoms with Crippen LogP contribution in [0.2, 0.25) is 0 Å². The van der Waals surface area contributed by atoms with E-state index in [1.54, 1.807) is 31.2 Å². The molecule has 14 nitrogen and oxygen atoms in total. The summed E-state index contributed by atoms with van der Waals surface area (Å²) in [4.78, 5) is 67.7. The minimum absolute atomic E-state index is 0.206. The second kappa shape index (κ2) is 21.2. The van der Waals surface area contributed by atoms with Crippen molar-refractivity contribution in [2.24, 2.45) is 23.3 Å². The maximum absolute atomic E-state index is 12.6. The van der Waals surface area contributed by atoms with Gasteiger partial charge in [0.2, 0.25) is 26.6 Å². The van der Waals surface area contributed by atoms with E-state index in [2.05, 4.69) is 42.5 Å². The molecule has 2 aromatic carbocycles. The first-order valence-electron chi connectivity index (χ1n) is 15.7. The van der Waals surface area contributed by atoms with E-state index >= 15 is 0 Å². The van der Waals surface area contributed by atoms with Gasteiger partial charge in [-0.3, -0.25) is 23.5 Å². The predicted molar refractivity (Wildman–Crippen MR) is 199 cm³/mol. The van der Waals surface area contributed by atoms with Gasteiger partial charge in [0.25, 0.3) is 0 Å². The normalized spacial score (nSPS) is 17.1. The molecule has 0 aliphatic carbocycles. The summed E-state index contributed by atoms with van der Waals surface area (Å²) in [6.07, 6.45) is -0.102. The van der Waals surface area contributed by atoms with Crippen molar-refractivity contribution in [3.63, 3.8) is 0 Å². The number of benzene rings is 2. The monoisotopic (exact) mass is 868 g/mol. The van der Waals surface area contributed by atoms with Crippen LogP contribution in [0.4, 0.5) is 0 Å². The van der Waals surface area contributed by atoms with Gasteiger partial charge >= 0.3 is 11.9 Å². The average Bonchev–Trinajstić information content (AvgIpc) is 3.02. The van der Waals surface area contributed by atoms with Crippen molar-refractivity contribution in [2.75, 3.05) is 18.9 Å². The van der Waals surface area contributed by atoms with Crippen molar-refractivity contribution in [3.8, 4) is 0 Å². The second-order valence-corrected chi connectivity index (χ2v) is 19.2. The highest BCUT2D eigenvalue weighted by molar-refractivity contribution is 9.10. The van der Waals surface area contributed by atoms with Crippen LogP contribution in [0, 0.1) is 11.8 Å². The fraction of sp³-hybridized carbons (Fsp3) is 0.500. The van der Waals surface area contributed by atoms with E-state index in [4.69, 9.17) is 21.3 Å². The Labute approximate surface area is 309 Å². The summed E-state index contributed by atoms with van der Waals surface area (Å²) in [7, 11) is -7.44. The summed E-state index contributed by atoms with van der Waals surface area (Å²) in [5, 5.41) is 13.8. The molecular weight excluding hydrogens is 822 g/mol. The summed E-state index contributed by atoms with van der Waals surface area (Å²) in [6, 6.07) is 12.6. The van der Waals surface area contributed by atoms with Gasteiger partial charge in [0.1, 0.15) is 12.1 Å². The largest absolute Gasteiger partial charge is 0.480 e. The van der Waals surface area contributed by atoms with Gasteiger partial charge in [-0.15, -0.1) is 0 Å². The number of esters is 1. The zero-order chi connectivity index (χ0) is 38.4. The van der Waals surface area contributed by atoms with Crippen molar-refractivity contribution in [3.05, 3.63) is 68.6 Å². The molecule has 8 atom stereocenters. The molecule has 8 unspecified atom stereocenters. The molecule has 0 saturated carbocycles. The van der Waals surface area contributed by atoms with Gasteiger partial charge in [-0.2, -0.15) is 0 Å². The van der Waals surface area contributed by atoms with Gasteiger partial charge in [0.05, 0.1) is 30.0 Å². The zero-order valence-corrected chi connectivity index (χ0v) is 33.6. The molecule has 0 aliphatic rings. The van der Waals surface area contributed by atoms with Gasteiger partial charge in [-0.25, -0.2) is 4.79 Å². The summed E-state index contributed by atoms with van der Waals surface area (Å²) >= 11 is 6.65. The van der Waals surface area contributed by atoms with Crippen LogP contribution in [0.25, 0.3) is 0 Å². The highest BCUT2D eigenvalue weighted by Crippen LogP contribution is 2.46. The molecule has 0 fully saturated rings. The number of amides is 2. The lowest BCUT2D eigenvalue weighted by molar-refractivity contribution is -0.147. The van der Waals surface area contributed by atoms with E-state index in [1.165, 1.54) is 27.7 Å². The molecule has 50 heavy (non-hydrogen) atoms. The Kier molecular flexibility index (Phi) is 19.3. The molecule has 0 spiro atoms. The molecule has 0 aromatic heterocycles. The minimum Gasteiger partial charge on any atom is -0.480 e. The standard InChI is InChI=1S/C17H26BrN2O5P.C15H22BrN2O5P/c1-4-25-17(22)11(2)20-16(21)14(10-26(23,24)12(3)19)9-13-5-7-15(18)8-6-13;1-9(15(20)21)18-14(19)12(8-24(22,23)10(2)17)7-11-3-5-13(16)6-4-11/h5-8,11-12,14H,4,9-10,19H2,1-3H3,(H,20,21)(H,23,24);3-6,9-10,12H,7-8,17H2,1-2H3,(H,18,19)(H,20,21)(H,22,23). The Hall–Kier alpha value is -2.42. The summed E-state index contributed by atoms with van der Waals surface area (Å²) in [5.41, 5.74) is 12.8. The van der Waals surface area contributed by atoms with Crippen molar-refractivity contribution < 1.29 is 47.9 Å². The van der Waals surface area contributed by atoms with E-state index in [-0.39, 0.29) is 31.8 Å². The van der Waals surface area contributed by atoms with Crippen molar-refractivity contribution in [1.82, 2.24) is 10.6 Å². The minimum atomic E-state index is -3.73. The summed E-state index contributed by atoms with van der Waals surface area (Å²) < 4.78 is 31.2. The highest BCUT2D eigenvalue weighted by Gasteiger charge is 2.34. The fourth-order valence-electron chi connectivity index (χ4n) is 4.30. The predicted octanol–water partition coefficient (Wildman–Crippen LogP) is 4.02. The van der Waals surface area contributed by atoms with Crippen LogP contribution in [0.3, 0.4) is 0 Å². The smallest absolute Gasteiger partial charge is 0.328 e. The number of nitrogens with two attached hydrogens (primary N) is 2. The number of carboxylic acid groups (broad SMARTS) is 1. The van der Waals surface area contributed by atoms with Crippen LogP contribution in [0.15, 0.2) is 57.5 Å². The summed E-state index contributed by atoms with van der Waals surface area (Å²) in [5.74, 6) is -6.34. The van der Waals surface area contributed by atoms with Crippen LogP contribution in [0.5, 0.6) is 0 Å². The number of carboxylic acids is 1. The third-order valence-electron chi connectivity index (χ3n) is 7.50. The second-order valence-electron chi connectivity index (χ2n) is 12.0. The number of carbonyl (C=O) groups is 4. The van der Waals surface area contributed by atoms with Gasteiger partial charge in [-0.05, 0) is 82.9 Å². The van der Waals surface area contributed by atoms with E-state index in [9.17, 15) is 38.1 Å². The highest BCUT2D eigenvalue weighted by atomic mass is 79.9. The fourth-order valence-corrected chi connectivity index (χ4v) is 7.35. The van der Waals surface area contributed by atoms with Crippen molar-refractivity contribution in [2.45, 2.75) is 71.1 Å². The lowest BCUT2D eigenvalue weighted by Crippen LogP contribution is -2.44. The Morgan fingerprint density at radius 3 is 1.36 bits per heavy atom. The first kappa shape index (κ1) is 45.6. The molecule has 0 heterocycles. The molecule has 0 aliphatic heterocycles. The number of nitrogens with one attached hydrogen (secondary N) is 2. The quantitative estimate of drug-likeness (QED) is 0.0880. The number of rotatable bonds is 17. The van der Waals surface area contributed by atoms with Gasteiger partial charge < -0.3 is 41.7 Å². The number of ether oxygens (including phenoxy) is 1. The van der Waals surface area contributed by atoms with Crippen molar-refractivity contribution in [1.29, 1.82) is 0 Å². The number of halogens is 2. The first-order chi connectivity index (χ1) is 23.1. The lowest BCUT2D eigenvalue weighted by atomic mass is 10.00. The van der Waals surface area contributed by atoms with Crippen LogP contribution in [0.1, 0.15) is 45.7 Å². The van der Waals surface area contributed by atoms with Crippen LogP contribution >= 0.6 is 46.6 Å². The molecule has 2 rings (SSSR count). The Morgan fingerprint density at radius 1 is 0.720 bits per heavy atom. The van der Waals surface area contributed by atoms with Gasteiger partial charge in [0, 0.05) is 21.3 Å². The molecule has 0 saturated heterocycles. The zero-order valence-electron chi connectivity index (χ0n) is 28.6. The molecule has 0 radical (unpaired) electrons. The Balaban J connectivity index is 0.000000502. The Morgan fingerprint density at radius 2 is 1.06 bits per heavy atom. The summed E-state index contributed by atoms with van der Waals surface area (Å²) in [6.45, 7) is 7.58. The molecule has 2 aromatic rings. The number of carbonyl (C=O) groups excluding carboxylic acids is 3. The number of hydrogen-bond donors (Lipinski definition) is 7. The number of aliphatic carboxylic acids is 1. The molecule has 9 N–H and O–H groups in total. The molecule has 0 bridgehead atoms. The van der Waals surface area contributed by atoms with E-state index < -0.39 is 74.0 Å². The van der Waals surface area contributed by atoms with Crippen LogP contribution < -0.4 is 22.1 Å². The molecule has 280 valence electrons. The average molecular weight is 871 g/mol. The molecule has 2 amide bonds.